The second-order valence-electron chi connectivity index (χ2n) is 8.17. The molecule has 1 aliphatic heterocycles. The number of amides is 1. The molecule has 0 aliphatic carbocycles. The lowest BCUT2D eigenvalue weighted by molar-refractivity contribution is -0.148. The molecule has 1 aromatic heterocycles. The maximum Gasteiger partial charge on any atom is 0.308 e. The number of likely N-dealkylation sites (tertiary alicyclic amines) is 1. The molecule has 0 atom stereocenters. The van der Waals surface area contributed by atoms with E-state index in [1.54, 1.807) is 4.90 Å². The molecular formula is C21H27N3O4S. The summed E-state index contributed by atoms with van der Waals surface area (Å²) in [6.07, 6.45) is 1.27. The van der Waals surface area contributed by atoms with E-state index in [1.807, 2.05) is 12.1 Å². The summed E-state index contributed by atoms with van der Waals surface area (Å²) in [6.45, 7) is 7.62. The number of carbonyl (C=O) groups is 2. The van der Waals surface area contributed by atoms with Crippen molar-refractivity contribution >= 4 is 23.6 Å². The molecule has 2 aromatic rings. The minimum atomic E-state index is -0.194. The van der Waals surface area contributed by atoms with Crippen molar-refractivity contribution < 1.29 is 18.7 Å². The minimum absolute atomic E-state index is 0.00703. The van der Waals surface area contributed by atoms with Gasteiger partial charge < -0.3 is 14.1 Å². The first-order valence-corrected chi connectivity index (χ1v) is 10.7. The Balaban J connectivity index is 1.52. The third-order valence-electron chi connectivity index (χ3n) is 5.11. The average Bonchev–Trinajstić information content (AvgIpc) is 3.20. The number of piperidine rings is 1. The molecule has 2 heterocycles. The van der Waals surface area contributed by atoms with Crippen LogP contribution in [0.3, 0.4) is 0 Å². The average molecular weight is 418 g/mol. The molecule has 0 bridgehead atoms. The highest BCUT2D eigenvalue weighted by Gasteiger charge is 2.28. The van der Waals surface area contributed by atoms with Crippen LogP contribution in [0.4, 0.5) is 0 Å². The van der Waals surface area contributed by atoms with Crippen molar-refractivity contribution in [2.24, 2.45) is 5.92 Å². The standard InChI is InChI=1S/C21H27N3O4S/c1-21(2,3)16-7-5-14(6-8-16)18-22-23-20(28-18)29-13-17(25)24-11-9-15(10-12-24)19(26)27-4/h5-8,15H,9-13H2,1-4H3. The Bertz CT molecular complexity index is 850. The van der Waals surface area contributed by atoms with Gasteiger partial charge in [0.2, 0.25) is 11.8 Å². The quantitative estimate of drug-likeness (QED) is 0.543. The van der Waals surface area contributed by atoms with E-state index in [0.717, 1.165) is 5.56 Å². The SMILES string of the molecule is COC(=O)C1CCN(C(=O)CSc2nnc(-c3ccc(C(C)(C)C)cc3)o2)CC1. The van der Waals surface area contributed by atoms with E-state index in [2.05, 4.69) is 43.1 Å². The van der Waals surface area contributed by atoms with E-state index < -0.39 is 0 Å². The predicted octanol–water partition coefficient (Wildman–Crippen LogP) is 3.54. The number of carbonyl (C=O) groups excluding carboxylic acids is 2. The maximum absolute atomic E-state index is 12.4. The van der Waals surface area contributed by atoms with Crippen LogP contribution in [-0.4, -0.2) is 52.9 Å². The largest absolute Gasteiger partial charge is 0.469 e. The van der Waals surface area contributed by atoms with Crippen LogP contribution in [0.5, 0.6) is 0 Å². The van der Waals surface area contributed by atoms with Crippen LogP contribution in [0.25, 0.3) is 11.5 Å². The molecule has 156 valence electrons. The van der Waals surface area contributed by atoms with Gasteiger partial charge in [0.1, 0.15) is 0 Å². The summed E-state index contributed by atoms with van der Waals surface area (Å²) in [7, 11) is 1.40. The van der Waals surface area contributed by atoms with Gasteiger partial charge in [0.25, 0.3) is 5.22 Å². The van der Waals surface area contributed by atoms with Crippen LogP contribution >= 0.6 is 11.8 Å². The Labute approximate surface area is 175 Å². The van der Waals surface area contributed by atoms with Crippen LogP contribution in [0.1, 0.15) is 39.2 Å². The van der Waals surface area contributed by atoms with Crippen molar-refractivity contribution in [3.8, 4) is 11.5 Å². The van der Waals surface area contributed by atoms with Crippen molar-refractivity contribution in [2.75, 3.05) is 26.0 Å². The number of hydrogen-bond donors (Lipinski definition) is 0. The van der Waals surface area contributed by atoms with E-state index in [0.29, 0.717) is 37.0 Å². The summed E-state index contributed by atoms with van der Waals surface area (Å²) >= 11 is 1.23. The van der Waals surface area contributed by atoms with Gasteiger partial charge in [-0.15, -0.1) is 10.2 Å². The smallest absolute Gasteiger partial charge is 0.308 e. The molecule has 1 fully saturated rings. The summed E-state index contributed by atoms with van der Waals surface area (Å²) in [6, 6.07) is 8.07. The Hall–Kier alpha value is -2.35. The summed E-state index contributed by atoms with van der Waals surface area (Å²) in [5, 5.41) is 8.51. The van der Waals surface area contributed by atoms with Crippen LogP contribution in [-0.2, 0) is 19.7 Å². The molecule has 29 heavy (non-hydrogen) atoms. The van der Waals surface area contributed by atoms with Crippen molar-refractivity contribution in [3.05, 3.63) is 29.8 Å². The number of esters is 1. The lowest BCUT2D eigenvalue weighted by atomic mass is 9.87. The first kappa shape index (κ1) is 21.4. The van der Waals surface area contributed by atoms with Crippen molar-refractivity contribution in [1.29, 1.82) is 0 Å². The first-order valence-electron chi connectivity index (χ1n) is 9.71. The number of thioether (sulfide) groups is 1. The number of benzene rings is 1. The number of hydrogen-bond acceptors (Lipinski definition) is 7. The molecule has 1 aliphatic rings. The fourth-order valence-corrected chi connectivity index (χ4v) is 3.91. The number of aromatic nitrogens is 2. The zero-order valence-corrected chi connectivity index (χ0v) is 18.1. The molecule has 0 unspecified atom stereocenters. The molecule has 1 amide bonds. The second kappa shape index (κ2) is 8.98. The molecule has 7 nitrogen and oxygen atoms in total. The number of methoxy groups -OCH3 is 1. The van der Waals surface area contributed by atoms with Crippen LogP contribution in [0.2, 0.25) is 0 Å². The molecule has 0 saturated carbocycles. The van der Waals surface area contributed by atoms with E-state index in [4.69, 9.17) is 9.15 Å². The third-order valence-corrected chi connectivity index (χ3v) is 5.91. The van der Waals surface area contributed by atoms with E-state index in [1.165, 1.54) is 24.4 Å². The zero-order chi connectivity index (χ0) is 21.0. The van der Waals surface area contributed by atoms with Crippen LogP contribution in [0, 0.1) is 5.92 Å². The fraction of sp³-hybridized carbons (Fsp3) is 0.524. The Morgan fingerprint density at radius 1 is 1.17 bits per heavy atom. The second-order valence-corrected chi connectivity index (χ2v) is 9.09. The minimum Gasteiger partial charge on any atom is -0.469 e. The molecule has 1 aromatic carbocycles. The topological polar surface area (TPSA) is 85.5 Å². The first-order chi connectivity index (χ1) is 13.8. The van der Waals surface area contributed by atoms with Crippen molar-refractivity contribution in [3.63, 3.8) is 0 Å². The Morgan fingerprint density at radius 2 is 1.83 bits per heavy atom. The highest BCUT2D eigenvalue weighted by Crippen LogP contribution is 2.27. The van der Waals surface area contributed by atoms with Gasteiger partial charge in [0, 0.05) is 18.7 Å². The third kappa shape index (κ3) is 5.38. The van der Waals surface area contributed by atoms with Crippen molar-refractivity contribution in [1.82, 2.24) is 15.1 Å². The summed E-state index contributed by atoms with van der Waals surface area (Å²) < 4.78 is 10.5. The maximum atomic E-state index is 12.4. The lowest BCUT2D eigenvalue weighted by Gasteiger charge is -2.30. The van der Waals surface area contributed by atoms with Gasteiger partial charge in [-0.25, -0.2) is 0 Å². The van der Waals surface area contributed by atoms with E-state index >= 15 is 0 Å². The van der Waals surface area contributed by atoms with Gasteiger partial charge >= 0.3 is 5.97 Å². The highest BCUT2D eigenvalue weighted by atomic mass is 32.2. The number of rotatable bonds is 5. The molecule has 8 heteroatoms. The monoisotopic (exact) mass is 417 g/mol. The summed E-state index contributed by atoms with van der Waals surface area (Å²) in [4.78, 5) is 25.8. The molecule has 0 N–H and O–H groups in total. The molecule has 3 rings (SSSR count). The fourth-order valence-electron chi connectivity index (χ4n) is 3.24. The van der Waals surface area contributed by atoms with Crippen LogP contribution in [0.15, 0.2) is 33.9 Å². The zero-order valence-electron chi connectivity index (χ0n) is 17.3. The molecular weight excluding hydrogens is 390 g/mol. The summed E-state index contributed by atoms with van der Waals surface area (Å²) in [5.74, 6) is 0.375. The van der Waals surface area contributed by atoms with E-state index in [9.17, 15) is 9.59 Å². The van der Waals surface area contributed by atoms with Gasteiger partial charge in [-0.2, -0.15) is 0 Å². The highest BCUT2D eigenvalue weighted by molar-refractivity contribution is 7.99. The summed E-state index contributed by atoms with van der Waals surface area (Å²) in [5.41, 5.74) is 2.17. The van der Waals surface area contributed by atoms with Gasteiger partial charge in [-0.05, 0) is 36.0 Å². The molecule has 1 saturated heterocycles. The lowest BCUT2D eigenvalue weighted by Crippen LogP contribution is -2.41. The Morgan fingerprint density at radius 3 is 2.41 bits per heavy atom. The molecule has 0 radical (unpaired) electrons. The van der Waals surface area contributed by atoms with Crippen LogP contribution < -0.4 is 0 Å². The van der Waals surface area contributed by atoms with Crippen molar-refractivity contribution in [2.45, 2.75) is 44.3 Å². The van der Waals surface area contributed by atoms with Gasteiger partial charge in [-0.1, -0.05) is 44.7 Å². The normalized spacial score (nSPS) is 15.4. The van der Waals surface area contributed by atoms with Gasteiger partial charge in [-0.3, -0.25) is 9.59 Å². The number of nitrogens with zero attached hydrogens (tertiary/aromatic N) is 3. The van der Waals surface area contributed by atoms with Gasteiger partial charge in [0.15, 0.2) is 0 Å². The Kier molecular flexibility index (Phi) is 6.62. The van der Waals surface area contributed by atoms with E-state index in [-0.39, 0.29) is 29.0 Å². The van der Waals surface area contributed by atoms with Gasteiger partial charge in [0.05, 0.1) is 18.8 Å². The number of ether oxygens (including phenoxy) is 1. The molecule has 0 spiro atoms. The predicted molar refractivity (Wildman–Crippen MR) is 110 cm³/mol.